The summed E-state index contributed by atoms with van der Waals surface area (Å²) >= 11 is 2.34. The Morgan fingerprint density at radius 2 is 2.00 bits per heavy atom. The zero-order chi connectivity index (χ0) is 7.49. The molecule has 1 atom stereocenters. The van der Waals surface area contributed by atoms with Crippen molar-refractivity contribution in [2.75, 3.05) is 6.54 Å². The van der Waals surface area contributed by atoms with Crippen molar-refractivity contribution in [2.45, 2.75) is 29.7 Å². The molecule has 0 bridgehead atoms. The monoisotopic (exact) mass is 242 g/mol. The first-order chi connectivity index (χ1) is 3.98. The molecule has 0 rings (SSSR count). The highest BCUT2D eigenvalue weighted by Crippen LogP contribution is 2.17. The van der Waals surface area contributed by atoms with Gasteiger partial charge in [-0.3, -0.25) is 0 Å². The summed E-state index contributed by atoms with van der Waals surface area (Å²) < 4.78 is 0.486. The molecule has 56 valence electrons. The van der Waals surface area contributed by atoms with Crippen molar-refractivity contribution in [1.29, 1.82) is 0 Å². The van der Waals surface area contributed by atoms with Crippen LogP contribution in [0.1, 0.15) is 20.3 Å². The van der Waals surface area contributed by atoms with Crippen LogP contribution in [0.25, 0.3) is 0 Å². The Morgan fingerprint density at radius 3 is 2.11 bits per heavy atom. The van der Waals surface area contributed by atoms with Crippen molar-refractivity contribution in [3.05, 3.63) is 0 Å². The van der Waals surface area contributed by atoms with Gasteiger partial charge in [0.05, 0.1) is 0 Å². The van der Waals surface area contributed by atoms with Crippen molar-refractivity contribution in [2.24, 2.45) is 11.5 Å². The lowest BCUT2D eigenvalue weighted by molar-refractivity contribution is 0.492. The van der Waals surface area contributed by atoms with Crippen LogP contribution in [0.3, 0.4) is 0 Å². The molecule has 0 heterocycles. The zero-order valence-electron chi connectivity index (χ0n) is 6.02. The number of alkyl halides is 1. The second-order valence-corrected chi connectivity index (χ2v) is 4.37. The summed E-state index contributed by atoms with van der Waals surface area (Å²) in [6.07, 6.45) is 1.00. The van der Waals surface area contributed by atoms with Gasteiger partial charge in [-0.25, -0.2) is 0 Å². The maximum absolute atomic E-state index is 5.80. The fourth-order valence-corrected chi connectivity index (χ4v) is 0.878. The quantitative estimate of drug-likeness (QED) is 0.570. The fraction of sp³-hybridized carbons (Fsp3) is 1.00. The van der Waals surface area contributed by atoms with Crippen LogP contribution in [-0.2, 0) is 0 Å². The van der Waals surface area contributed by atoms with Crippen LogP contribution in [0.5, 0.6) is 0 Å². The Morgan fingerprint density at radius 1 is 1.56 bits per heavy atom. The first kappa shape index (κ1) is 9.65. The van der Waals surface area contributed by atoms with E-state index < -0.39 is 0 Å². The third-order valence-electron chi connectivity index (χ3n) is 1.23. The molecular weight excluding hydrogens is 227 g/mol. The summed E-state index contributed by atoms with van der Waals surface area (Å²) in [5.41, 5.74) is 11.1. The second-order valence-electron chi connectivity index (χ2n) is 2.87. The topological polar surface area (TPSA) is 52.0 Å². The van der Waals surface area contributed by atoms with Gasteiger partial charge in [-0.2, -0.15) is 0 Å². The van der Waals surface area contributed by atoms with Crippen molar-refractivity contribution in [3.63, 3.8) is 0 Å². The van der Waals surface area contributed by atoms with Gasteiger partial charge in [-0.05, 0) is 26.8 Å². The predicted octanol–water partition coefficient (Wildman–Crippen LogP) is 0.876. The highest BCUT2D eigenvalue weighted by molar-refractivity contribution is 14.1. The minimum absolute atomic E-state index is 0.0834. The number of nitrogens with two attached hydrogens (primary N) is 2. The van der Waals surface area contributed by atoms with Gasteiger partial charge in [0.1, 0.15) is 0 Å². The molecule has 0 aromatic heterocycles. The van der Waals surface area contributed by atoms with Gasteiger partial charge < -0.3 is 11.5 Å². The molecule has 2 nitrogen and oxygen atoms in total. The zero-order valence-corrected chi connectivity index (χ0v) is 8.18. The third-order valence-corrected chi connectivity index (χ3v) is 3.46. The van der Waals surface area contributed by atoms with Crippen LogP contribution in [0.15, 0.2) is 0 Å². The van der Waals surface area contributed by atoms with E-state index >= 15 is 0 Å². The number of hydrogen-bond acceptors (Lipinski definition) is 2. The van der Waals surface area contributed by atoms with Crippen LogP contribution in [0.4, 0.5) is 0 Å². The molecule has 0 saturated heterocycles. The Labute approximate surface area is 70.5 Å². The summed E-state index contributed by atoms with van der Waals surface area (Å²) in [6, 6.07) is 0. The molecule has 0 aromatic carbocycles. The predicted molar refractivity (Wildman–Crippen MR) is 49.7 cm³/mol. The van der Waals surface area contributed by atoms with Gasteiger partial charge in [0.25, 0.3) is 0 Å². The molecule has 3 heteroatoms. The lowest BCUT2D eigenvalue weighted by Gasteiger charge is -2.24. The van der Waals surface area contributed by atoms with Crippen molar-refractivity contribution in [1.82, 2.24) is 0 Å². The average molecular weight is 242 g/mol. The van der Waals surface area contributed by atoms with Crippen LogP contribution in [-0.4, -0.2) is 16.0 Å². The maximum Gasteiger partial charge on any atom is 0.0296 e. The molecule has 0 spiro atoms. The van der Waals surface area contributed by atoms with E-state index in [4.69, 9.17) is 11.5 Å². The highest BCUT2D eigenvalue weighted by atomic mass is 127. The second kappa shape index (κ2) is 3.73. The van der Waals surface area contributed by atoms with E-state index in [9.17, 15) is 0 Å². The molecule has 0 aliphatic rings. The molecule has 0 aromatic rings. The standard InChI is InChI=1S/C6H15IN2/c1-6(2,9)5(7)3-4-8/h5H,3-4,8-9H2,1-2H3. The van der Waals surface area contributed by atoms with Crippen molar-refractivity contribution in [3.8, 4) is 0 Å². The first-order valence-corrected chi connectivity index (χ1v) is 4.36. The lowest BCUT2D eigenvalue weighted by atomic mass is 10.0. The van der Waals surface area contributed by atoms with Gasteiger partial charge in [-0.15, -0.1) is 0 Å². The van der Waals surface area contributed by atoms with Crippen LogP contribution >= 0.6 is 22.6 Å². The van der Waals surface area contributed by atoms with Gasteiger partial charge in [0.2, 0.25) is 0 Å². The summed E-state index contributed by atoms with van der Waals surface area (Å²) in [6.45, 7) is 4.79. The van der Waals surface area contributed by atoms with Crippen LogP contribution in [0.2, 0.25) is 0 Å². The molecule has 0 amide bonds. The Bertz CT molecular complexity index is 77.6. The minimum Gasteiger partial charge on any atom is -0.330 e. The average Bonchev–Trinajstić information content (AvgIpc) is 1.64. The van der Waals surface area contributed by atoms with E-state index in [0.717, 1.165) is 13.0 Å². The molecule has 9 heavy (non-hydrogen) atoms. The van der Waals surface area contributed by atoms with Gasteiger partial charge >= 0.3 is 0 Å². The Balaban J connectivity index is 3.59. The van der Waals surface area contributed by atoms with Crippen LogP contribution < -0.4 is 11.5 Å². The molecule has 0 fully saturated rings. The van der Waals surface area contributed by atoms with Crippen molar-refractivity contribution >= 4 is 22.6 Å². The molecular formula is C6H15IN2. The van der Waals surface area contributed by atoms with Gasteiger partial charge in [-0.1, -0.05) is 22.6 Å². The fourth-order valence-electron chi connectivity index (χ4n) is 0.518. The van der Waals surface area contributed by atoms with Gasteiger partial charge in [0.15, 0.2) is 0 Å². The molecule has 0 saturated carbocycles. The number of halogens is 1. The van der Waals surface area contributed by atoms with E-state index in [2.05, 4.69) is 22.6 Å². The lowest BCUT2D eigenvalue weighted by Crippen LogP contribution is -2.42. The normalized spacial score (nSPS) is 15.7. The molecule has 0 aliphatic carbocycles. The van der Waals surface area contributed by atoms with E-state index in [1.165, 1.54) is 0 Å². The van der Waals surface area contributed by atoms with E-state index in [1.807, 2.05) is 13.8 Å². The molecule has 0 aliphatic heterocycles. The Kier molecular flexibility index (Phi) is 4.00. The van der Waals surface area contributed by atoms with Crippen molar-refractivity contribution < 1.29 is 0 Å². The summed E-state index contributed by atoms with van der Waals surface area (Å²) in [4.78, 5) is 0. The maximum atomic E-state index is 5.80. The molecule has 0 radical (unpaired) electrons. The largest absolute Gasteiger partial charge is 0.330 e. The number of rotatable bonds is 3. The molecule has 4 N–H and O–H groups in total. The minimum atomic E-state index is -0.0834. The molecule has 1 unspecified atom stereocenters. The smallest absolute Gasteiger partial charge is 0.0296 e. The summed E-state index contributed by atoms with van der Waals surface area (Å²) in [5.74, 6) is 0. The summed E-state index contributed by atoms with van der Waals surface area (Å²) in [7, 11) is 0. The third kappa shape index (κ3) is 4.11. The first-order valence-electron chi connectivity index (χ1n) is 3.11. The SMILES string of the molecule is CC(C)(N)C(I)CCN. The highest BCUT2D eigenvalue weighted by Gasteiger charge is 2.20. The number of hydrogen-bond donors (Lipinski definition) is 2. The van der Waals surface area contributed by atoms with E-state index in [1.54, 1.807) is 0 Å². The summed E-state index contributed by atoms with van der Waals surface area (Å²) in [5, 5.41) is 0. The van der Waals surface area contributed by atoms with E-state index in [-0.39, 0.29) is 5.54 Å². The van der Waals surface area contributed by atoms with Crippen LogP contribution in [0, 0.1) is 0 Å². The Hall–Kier alpha value is 0.650. The van der Waals surface area contributed by atoms with Gasteiger partial charge in [0, 0.05) is 9.46 Å². The van der Waals surface area contributed by atoms with E-state index in [0.29, 0.717) is 3.92 Å².